The van der Waals surface area contributed by atoms with Crippen LogP contribution in [0.2, 0.25) is 0 Å². The summed E-state index contributed by atoms with van der Waals surface area (Å²) in [7, 11) is 0. The maximum absolute atomic E-state index is 11.3. The molecule has 3 heteroatoms. The van der Waals surface area contributed by atoms with Crippen molar-refractivity contribution >= 4 is 5.78 Å². The lowest BCUT2D eigenvalue weighted by Crippen LogP contribution is -2.06. The third-order valence-electron chi connectivity index (χ3n) is 2.47. The number of carbonyl (C=O) groups excluding carboxylic acids is 1. The zero-order chi connectivity index (χ0) is 11.5. The predicted octanol–water partition coefficient (Wildman–Crippen LogP) is 2.44. The first kappa shape index (κ1) is 10.6. The third kappa shape index (κ3) is 2.19. The Balaban J connectivity index is 2.27. The number of ketones is 1. The van der Waals surface area contributed by atoms with E-state index in [0.717, 1.165) is 16.8 Å². The molecule has 2 rings (SSSR count). The smallest absolute Gasteiger partial charge is 0.176 e. The molecule has 2 heterocycles. The molecule has 16 heavy (non-hydrogen) atoms. The normalized spacial score (nSPS) is 10.4. The van der Waals surface area contributed by atoms with Crippen molar-refractivity contribution in [2.75, 3.05) is 0 Å². The van der Waals surface area contributed by atoms with Crippen molar-refractivity contribution in [2.24, 2.45) is 0 Å². The average Bonchev–Trinajstić information content (AvgIpc) is 2.66. The third-order valence-corrected chi connectivity index (χ3v) is 2.47. The van der Waals surface area contributed by atoms with Gasteiger partial charge in [0.15, 0.2) is 5.78 Å². The lowest BCUT2D eigenvalue weighted by molar-refractivity contribution is 0.100. The molecule has 0 aliphatic heterocycles. The van der Waals surface area contributed by atoms with E-state index >= 15 is 0 Å². The molecule has 0 bridgehead atoms. The maximum Gasteiger partial charge on any atom is 0.176 e. The standard InChI is InChI=1S/C13H14N2O/c1-10-6-12(8-14-7-10)9-15-5-3-4-13(15)11(2)16/h3-8H,9H2,1-2H3. The summed E-state index contributed by atoms with van der Waals surface area (Å²) in [6.45, 7) is 4.29. The van der Waals surface area contributed by atoms with Gasteiger partial charge in [-0.15, -0.1) is 0 Å². The number of nitrogens with zero attached hydrogens (tertiary/aromatic N) is 2. The Morgan fingerprint density at radius 3 is 2.94 bits per heavy atom. The van der Waals surface area contributed by atoms with E-state index in [-0.39, 0.29) is 5.78 Å². The summed E-state index contributed by atoms with van der Waals surface area (Å²) in [4.78, 5) is 15.5. The molecule has 0 N–H and O–H groups in total. The van der Waals surface area contributed by atoms with Gasteiger partial charge >= 0.3 is 0 Å². The molecular formula is C13H14N2O. The highest BCUT2D eigenvalue weighted by molar-refractivity contribution is 5.92. The van der Waals surface area contributed by atoms with Crippen LogP contribution in [0.4, 0.5) is 0 Å². The molecule has 2 aromatic heterocycles. The molecule has 0 aliphatic rings. The highest BCUT2D eigenvalue weighted by atomic mass is 16.1. The summed E-state index contributed by atoms with van der Waals surface area (Å²) in [5.74, 6) is 0.0885. The number of hydrogen-bond acceptors (Lipinski definition) is 2. The molecule has 0 amide bonds. The van der Waals surface area contributed by atoms with E-state index in [1.54, 1.807) is 6.92 Å². The Morgan fingerprint density at radius 2 is 2.25 bits per heavy atom. The van der Waals surface area contributed by atoms with Crippen LogP contribution in [-0.4, -0.2) is 15.3 Å². The fourth-order valence-electron chi connectivity index (χ4n) is 1.77. The highest BCUT2D eigenvalue weighted by Gasteiger charge is 2.05. The van der Waals surface area contributed by atoms with Crippen LogP contribution in [0, 0.1) is 6.92 Å². The van der Waals surface area contributed by atoms with Crippen molar-refractivity contribution in [1.82, 2.24) is 9.55 Å². The molecule has 0 saturated carbocycles. The highest BCUT2D eigenvalue weighted by Crippen LogP contribution is 2.08. The molecule has 0 saturated heterocycles. The van der Waals surface area contributed by atoms with Gasteiger partial charge in [0.05, 0.1) is 5.69 Å². The largest absolute Gasteiger partial charge is 0.341 e. The molecular weight excluding hydrogens is 200 g/mol. The van der Waals surface area contributed by atoms with E-state index in [4.69, 9.17) is 0 Å². The minimum atomic E-state index is 0.0885. The topological polar surface area (TPSA) is 34.9 Å². The second-order valence-electron chi connectivity index (χ2n) is 3.95. The molecule has 0 atom stereocenters. The molecule has 3 nitrogen and oxygen atoms in total. The minimum Gasteiger partial charge on any atom is -0.341 e. The van der Waals surface area contributed by atoms with Gasteiger partial charge in [0, 0.05) is 32.1 Å². The molecule has 0 aromatic carbocycles. The van der Waals surface area contributed by atoms with Crippen LogP contribution in [0.1, 0.15) is 28.5 Å². The Bertz CT molecular complexity index is 514. The number of aryl methyl sites for hydroxylation is 1. The Morgan fingerprint density at radius 1 is 1.44 bits per heavy atom. The quantitative estimate of drug-likeness (QED) is 0.735. The van der Waals surface area contributed by atoms with E-state index in [0.29, 0.717) is 6.54 Å². The fraction of sp³-hybridized carbons (Fsp3) is 0.231. The van der Waals surface area contributed by atoms with Crippen molar-refractivity contribution in [3.63, 3.8) is 0 Å². The van der Waals surface area contributed by atoms with Gasteiger partial charge in [-0.1, -0.05) is 6.07 Å². The molecule has 0 unspecified atom stereocenters. The second kappa shape index (κ2) is 4.31. The van der Waals surface area contributed by atoms with E-state index in [2.05, 4.69) is 11.1 Å². The molecule has 82 valence electrons. The average molecular weight is 214 g/mol. The zero-order valence-corrected chi connectivity index (χ0v) is 9.47. The van der Waals surface area contributed by atoms with Gasteiger partial charge in [0.2, 0.25) is 0 Å². The van der Waals surface area contributed by atoms with Crippen LogP contribution in [0.15, 0.2) is 36.8 Å². The zero-order valence-electron chi connectivity index (χ0n) is 9.47. The number of aromatic nitrogens is 2. The number of Topliss-reactive ketones (excluding diaryl/α,β-unsaturated/α-hetero) is 1. The SMILES string of the molecule is CC(=O)c1cccn1Cc1cncc(C)c1. The van der Waals surface area contributed by atoms with Crippen LogP contribution in [0.25, 0.3) is 0 Å². The van der Waals surface area contributed by atoms with Gasteiger partial charge in [0.25, 0.3) is 0 Å². The first-order valence-corrected chi connectivity index (χ1v) is 5.23. The Kier molecular flexibility index (Phi) is 2.86. The first-order valence-electron chi connectivity index (χ1n) is 5.23. The fourth-order valence-corrected chi connectivity index (χ4v) is 1.77. The van der Waals surface area contributed by atoms with Gasteiger partial charge in [-0.25, -0.2) is 0 Å². The van der Waals surface area contributed by atoms with Crippen molar-refractivity contribution in [1.29, 1.82) is 0 Å². The van der Waals surface area contributed by atoms with E-state index < -0.39 is 0 Å². The number of pyridine rings is 1. The number of carbonyl (C=O) groups is 1. The number of rotatable bonds is 3. The second-order valence-corrected chi connectivity index (χ2v) is 3.95. The summed E-state index contributed by atoms with van der Waals surface area (Å²) < 4.78 is 1.94. The number of hydrogen-bond donors (Lipinski definition) is 0. The van der Waals surface area contributed by atoms with Gasteiger partial charge in [0.1, 0.15) is 0 Å². The molecule has 0 spiro atoms. The van der Waals surface area contributed by atoms with Crippen molar-refractivity contribution in [3.05, 3.63) is 53.6 Å². The van der Waals surface area contributed by atoms with E-state index in [1.165, 1.54) is 0 Å². The van der Waals surface area contributed by atoms with E-state index in [9.17, 15) is 4.79 Å². The van der Waals surface area contributed by atoms with Gasteiger partial charge in [-0.2, -0.15) is 0 Å². The van der Waals surface area contributed by atoms with E-state index in [1.807, 2.05) is 42.2 Å². The summed E-state index contributed by atoms with van der Waals surface area (Å²) in [5, 5.41) is 0. The minimum absolute atomic E-state index is 0.0885. The molecule has 0 fully saturated rings. The van der Waals surface area contributed by atoms with Crippen LogP contribution in [0.5, 0.6) is 0 Å². The predicted molar refractivity (Wildman–Crippen MR) is 62.5 cm³/mol. The summed E-state index contributed by atoms with van der Waals surface area (Å²) in [6, 6.07) is 5.81. The molecule has 0 aliphatic carbocycles. The summed E-state index contributed by atoms with van der Waals surface area (Å²) in [6.07, 6.45) is 5.57. The Hall–Kier alpha value is -1.90. The monoisotopic (exact) mass is 214 g/mol. The van der Waals surface area contributed by atoms with Gasteiger partial charge < -0.3 is 4.57 Å². The summed E-state index contributed by atoms with van der Waals surface area (Å²) in [5.41, 5.74) is 2.98. The maximum atomic E-state index is 11.3. The molecule has 2 aromatic rings. The van der Waals surface area contributed by atoms with Crippen LogP contribution in [-0.2, 0) is 6.54 Å². The first-order chi connectivity index (χ1) is 7.66. The summed E-state index contributed by atoms with van der Waals surface area (Å²) >= 11 is 0. The van der Waals surface area contributed by atoms with Crippen molar-refractivity contribution < 1.29 is 4.79 Å². The van der Waals surface area contributed by atoms with Gasteiger partial charge in [-0.05, 0) is 30.2 Å². The van der Waals surface area contributed by atoms with Crippen LogP contribution >= 0.6 is 0 Å². The lowest BCUT2D eigenvalue weighted by Gasteiger charge is -2.07. The van der Waals surface area contributed by atoms with Gasteiger partial charge in [-0.3, -0.25) is 9.78 Å². The van der Waals surface area contributed by atoms with Crippen LogP contribution in [0.3, 0.4) is 0 Å². The van der Waals surface area contributed by atoms with Crippen molar-refractivity contribution in [3.8, 4) is 0 Å². The lowest BCUT2D eigenvalue weighted by atomic mass is 10.2. The van der Waals surface area contributed by atoms with Crippen LogP contribution < -0.4 is 0 Å². The van der Waals surface area contributed by atoms with Crippen molar-refractivity contribution in [2.45, 2.75) is 20.4 Å². The molecule has 0 radical (unpaired) electrons. The Labute approximate surface area is 94.7 Å².